The molecule has 5 heteroatoms. The van der Waals surface area contributed by atoms with Crippen molar-refractivity contribution in [1.82, 2.24) is 5.43 Å². The number of benzene rings is 2. The summed E-state index contributed by atoms with van der Waals surface area (Å²) in [4.78, 5) is 0. The minimum Gasteiger partial charge on any atom is -0.271 e. The second-order valence-electron chi connectivity index (χ2n) is 4.90. The molecule has 3 N–H and O–H groups in total. The molecule has 0 amide bonds. The molecule has 0 aliphatic rings. The molecule has 2 aromatic rings. The van der Waals surface area contributed by atoms with Crippen LogP contribution >= 0.6 is 0 Å². The molecule has 0 saturated heterocycles. The first-order valence-electron chi connectivity index (χ1n) is 6.76. The van der Waals surface area contributed by atoms with E-state index in [1.165, 1.54) is 5.56 Å². The van der Waals surface area contributed by atoms with E-state index in [-0.39, 0.29) is 0 Å². The second kappa shape index (κ2) is 7.24. The maximum absolute atomic E-state index is 13.2. The van der Waals surface area contributed by atoms with Crippen LogP contribution in [0.4, 0.5) is 13.2 Å². The van der Waals surface area contributed by atoms with E-state index in [0.717, 1.165) is 25.0 Å². The number of nitrogens with one attached hydrogen (secondary N) is 1. The molecule has 0 spiro atoms. The summed E-state index contributed by atoms with van der Waals surface area (Å²) in [5, 5.41) is 0. The van der Waals surface area contributed by atoms with Crippen molar-refractivity contribution in [2.24, 2.45) is 5.84 Å². The standard InChI is InChI=1S/C16H17F3N2/c17-13-9-12(10-14(18)16(13)19)15(21-20)8-4-7-11-5-2-1-3-6-11/h1-3,5-6,9-10,15,21H,4,7-8,20H2. The maximum Gasteiger partial charge on any atom is 0.194 e. The fraction of sp³-hybridized carbons (Fsp3) is 0.250. The summed E-state index contributed by atoms with van der Waals surface area (Å²) in [7, 11) is 0. The van der Waals surface area contributed by atoms with Crippen molar-refractivity contribution in [2.45, 2.75) is 25.3 Å². The van der Waals surface area contributed by atoms with Crippen molar-refractivity contribution >= 4 is 0 Å². The summed E-state index contributed by atoms with van der Waals surface area (Å²) < 4.78 is 39.4. The molecular weight excluding hydrogens is 277 g/mol. The van der Waals surface area contributed by atoms with Crippen molar-refractivity contribution < 1.29 is 13.2 Å². The minimum atomic E-state index is -1.46. The van der Waals surface area contributed by atoms with Gasteiger partial charge in [-0.2, -0.15) is 0 Å². The molecule has 0 bridgehead atoms. The molecule has 112 valence electrons. The van der Waals surface area contributed by atoms with Crippen LogP contribution < -0.4 is 11.3 Å². The van der Waals surface area contributed by atoms with E-state index in [1.54, 1.807) is 0 Å². The molecular formula is C16H17F3N2. The summed E-state index contributed by atoms with van der Waals surface area (Å²) in [6, 6.07) is 11.4. The average Bonchev–Trinajstić information content (AvgIpc) is 2.50. The summed E-state index contributed by atoms with van der Waals surface area (Å²) in [6.07, 6.45) is 2.22. The average molecular weight is 294 g/mol. The van der Waals surface area contributed by atoms with Crippen LogP contribution in [-0.2, 0) is 6.42 Å². The molecule has 2 aromatic carbocycles. The summed E-state index contributed by atoms with van der Waals surface area (Å²) in [5.41, 5.74) is 4.02. The Morgan fingerprint density at radius 1 is 1.00 bits per heavy atom. The van der Waals surface area contributed by atoms with Gasteiger partial charge in [-0.3, -0.25) is 11.3 Å². The normalized spacial score (nSPS) is 12.4. The first-order valence-corrected chi connectivity index (χ1v) is 6.76. The summed E-state index contributed by atoms with van der Waals surface area (Å²) in [6.45, 7) is 0. The lowest BCUT2D eigenvalue weighted by Crippen LogP contribution is -2.28. The van der Waals surface area contributed by atoms with E-state index in [9.17, 15) is 13.2 Å². The van der Waals surface area contributed by atoms with Gasteiger partial charge in [-0.1, -0.05) is 30.3 Å². The Hall–Kier alpha value is -1.85. The molecule has 0 aromatic heterocycles. The van der Waals surface area contributed by atoms with E-state index in [4.69, 9.17) is 5.84 Å². The summed E-state index contributed by atoms with van der Waals surface area (Å²) >= 11 is 0. The maximum atomic E-state index is 13.2. The van der Waals surface area contributed by atoms with Crippen LogP contribution in [0.25, 0.3) is 0 Å². The molecule has 1 unspecified atom stereocenters. The van der Waals surface area contributed by atoms with Crippen molar-refractivity contribution in [3.8, 4) is 0 Å². The van der Waals surface area contributed by atoms with Gasteiger partial charge in [0, 0.05) is 6.04 Å². The third kappa shape index (κ3) is 4.06. The van der Waals surface area contributed by atoms with Gasteiger partial charge in [-0.25, -0.2) is 13.2 Å². The van der Waals surface area contributed by atoms with Crippen LogP contribution in [0.1, 0.15) is 30.0 Å². The largest absolute Gasteiger partial charge is 0.271 e. The van der Waals surface area contributed by atoms with E-state index in [0.29, 0.717) is 12.0 Å². The highest BCUT2D eigenvalue weighted by Crippen LogP contribution is 2.23. The third-order valence-electron chi connectivity index (χ3n) is 3.41. The van der Waals surface area contributed by atoms with Gasteiger partial charge in [0.2, 0.25) is 0 Å². The first-order chi connectivity index (χ1) is 10.1. The fourth-order valence-corrected chi connectivity index (χ4v) is 2.28. The minimum absolute atomic E-state index is 0.307. The second-order valence-corrected chi connectivity index (χ2v) is 4.90. The lowest BCUT2D eigenvalue weighted by molar-refractivity contribution is 0.435. The van der Waals surface area contributed by atoms with Crippen LogP contribution in [0.5, 0.6) is 0 Å². The monoisotopic (exact) mass is 294 g/mol. The molecule has 0 fully saturated rings. The Morgan fingerprint density at radius 3 is 2.19 bits per heavy atom. The summed E-state index contributed by atoms with van der Waals surface area (Å²) in [5.74, 6) is 1.57. The topological polar surface area (TPSA) is 38.0 Å². The number of rotatable bonds is 6. The molecule has 2 nitrogen and oxygen atoms in total. The Labute approximate surface area is 121 Å². The van der Waals surface area contributed by atoms with Gasteiger partial charge >= 0.3 is 0 Å². The highest BCUT2D eigenvalue weighted by molar-refractivity contribution is 5.23. The predicted molar refractivity (Wildman–Crippen MR) is 75.8 cm³/mol. The van der Waals surface area contributed by atoms with Crippen LogP contribution in [0.15, 0.2) is 42.5 Å². The van der Waals surface area contributed by atoms with Crippen molar-refractivity contribution in [3.63, 3.8) is 0 Å². The van der Waals surface area contributed by atoms with E-state index >= 15 is 0 Å². The van der Waals surface area contributed by atoms with Gasteiger partial charge in [-0.05, 0) is 42.5 Å². The lowest BCUT2D eigenvalue weighted by atomic mass is 9.99. The number of hydrazine groups is 1. The van der Waals surface area contributed by atoms with Crippen LogP contribution in [0.3, 0.4) is 0 Å². The lowest BCUT2D eigenvalue weighted by Gasteiger charge is -2.16. The zero-order valence-electron chi connectivity index (χ0n) is 11.5. The number of aryl methyl sites for hydroxylation is 1. The molecule has 0 radical (unpaired) electrons. The first kappa shape index (κ1) is 15.5. The number of hydrogen-bond donors (Lipinski definition) is 2. The number of halogens is 3. The zero-order chi connectivity index (χ0) is 15.2. The molecule has 0 aliphatic heterocycles. The predicted octanol–water partition coefficient (Wildman–Crippen LogP) is 3.63. The van der Waals surface area contributed by atoms with Crippen molar-refractivity contribution in [1.29, 1.82) is 0 Å². The van der Waals surface area contributed by atoms with Gasteiger partial charge in [0.15, 0.2) is 17.5 Å². The van der Waals surface area contributed by atoms with Gasteiger partial charge in [-0.15, -0.1) is 0 Å². The highest BCUT2D eigenvalue weighted by atomic mass is 19.2. The molecule has 2 rings (SSSR count). The Kier molecular flexibility index (Phi) is 5.36. The van der Waals surface area contributed by atoms with E-state index in [1.807, 2.05) is 30.3 Å². The fourth-order valence-electron chi connectivity index (χ4n) is 2.28. The Morgan fingerprint density at radius 2 is 1.62 bits per heavy atom. The number of hydrogen-bond acceptors (Lipinski definition) is 2. The quantitative estimate of drug-likeness (QED) is 0.485. The SMILES string of the molecule is NNC(CCCc1ccccc1)c1cc(F)c(F)c(F)c1. The molecule has 0 heterocycles. The van der Waals surface area contributed by atoms with Gasteiger partial charge in [0.1, 0.15) is 0 Å². The van der Waals surface area contributed by atoms with Crippen molar-refractivity contribution in [3.05, 3.63) is 71.0 Å². The number of nitrogens with two attached hydrogens (primary N) is 1. The third-order valence-corrected chi connectivity index (χ3v) is 3.41. The Balaban J connectivity index is 2.00. The molecule has 0 saturated carbocycles. The van der Waals surface area contributed by atoms with Crippen LogP contribution in [0, 0.1) is 17.5 Å². The van der Waals surface area contributed by atoms with Gasteiger partial charge < -0.3 is 0 Å². The van der Waals surface area contributed by atoms with Gasteiger partial charge in [0.05, 0.1) is 0 Å². The molecule has 21 heavy (non-hydrogen) atoms. The molecule has 1 atom stereocenters. The van der Waals surface area contributed by atoms with Crippen LogP contribution in [-0.4, -0.2) is 0 Å². The van der Waals surface area contributed by atoms with E-state index in [2.05, 4.69) is 5.43 Å². The molecule has 0 aliphatic carbocycles. The Bertz CT molecular complexity index is 564. The zero-order valence-corrected chi connectivity index (χ0v) is 11.5. The smallest absolute Gasteiger partial charge is 0.194 e. The van der Waals surface area contributed by atoms with Crippen molar-refractivity contribution in [2.75, 3.05) is 0 Å². The van der Waals surface area contributed by atoms with E-state index < -0.39 is 23.5 Å². The highest BCUT2D eigenvalue weighted by Gasteiger charge is 2.16. The van der Waals surface area contributed by atoms with Gasteiger partial charge in [0.25, 0.3) is 0 Å². The van der Waals surface area contributed by atoms with Crippen LogP contribution in [0.2, 0.25) is 0 Å².